The van der Waals surface area contributed by atoms with Gasteiger partial charge in [0.15, 0.2) is 0 Å². The molecule has 0 fully saturated rings. The van der Waals surface area contributed by atoms with Crippen molar-refractivity contribution in [3.63, 3.8) is 0 Å². The van der Waals surface area contributed by atoms with E-state index in [0.29, 0.717) is 12.1 Å². The van der Waals surface area contributed by atoms with Crippen LogP contribution in [0.4, 0.5) is 4.79 Å². The monoisotopic (exact) mass is 365 g/mol. The molecule has 8 heteroatoms. The molecule has 144 valence electrons. The number of hydrogen-bond acceptors (Lipinski definition) is 6. The standard InChI is InChI=1S/C18H27N3O5/c1-13(22)25-15-7-5-8-16(26-18(24)19-2)14(15)9-10-17(23)20-11-6-12-21(3)4/h5,7-8H,6,9-12H2,1-4H3,(H,19,24)(H,20,23). The van der Waals surface area contributed by atoms with Crippen LogP contribution >= 0.6 is 0 Å². The molecule has 26 heavy (non-hydrogen) atoms. The Morgan fingerprint density at radius 1 is 1.12 bits per heavy atom. The Labute approximate surface area is 153 Å². The van der Waals surface area contributed by atoms with E-state index in [-0.39, 0.29) is 30.2 Å². The van der Waals surface area contributed by atoms with E-state index in [1.807, 2.05) is 19.0 Å². The smallest absolute Gasteiger partial charge is 0.412 e. The molecule has 0 unspecified atom stereocenters. The number of benzene rings is 1. The van der Waals surface area contributed by atoms with Crippen LogP contribution < -0.4 is 20.1 Å². The van der Waals surface area contributed by atoms with Gasteiger partial charge in [-0.3, -0.25) is 9.59 Å². The maximum absolute atomic E-state index is 12.0. The van der Waals surface area contributed by atoms with Gasteiger partial charge in [0.2, 0.25) is 5.91 Å². The third kappa shape index (κ3) is 7.98. The fourth-order valence-electron chi connectivity index (χ4n) is 2.24. The summed E-state index contributed by atoms with van der Waals surface area (Å²) in [6.07, 6.45) is 0.673. The van der Waals surface area contributed by atoms with Gasteiger partial charge in [0, 0.05) is 32.5 Å². The SMILES string of the molecule is CNC(=O)Oc1cccc(OC(C)=O)c1CCC(=O)NCCCN(C)C. The van der Waals surface area contributed by atoms with Crippen LogP contribution in [0.25, 0.3) is 0 Å². The van der Waals surface area contributed by atoms with Crippen LogP contribution in [0.3, 0.4) is 0 Å². The summed E-state index contributed by atoms with van der Waals surface area (Å²) in [5.74, 6) is -0.0772. The van der Waals surface area contributed by atoms with Gasteiger partial charge in [-0.1, -0.05) is 6.07 Å². The highest BCUT2D eigenvalue weighted by atomic mass is 16.6. The van der Waals surface area contributed by atoms with Crippen molar-refractivity contribution in [3.8, 4) is 11.5 Å². The number of esters is 1. The first-order valence-electron chi connectivity index (χ1n) is 8.44. The summed E-state index contributed by atoms with van der Waals surface area (Å²) in [7, 11) is 5.39. The van der Waals surface area contributed by atoms with Crippen molar-refractivity contribution in [1.82, 2.24) is 15.5 Å². The first kappa shape index (κ1) is 21.4. The summed E-state index contributed by atoms with van der Waals surface area (Å²) in [4.78, 5) is 36.9. The largest absolute Gasteiger partial charge is 0.426 e. The average Bonchev–Trinajstić information content (AvgIpc) is 2.57. The summed E-state index contributed by atoms with van der Waals surface area (Å²) in [5.41, 5.74) is 0.495. The second-order valence-electron chi connectivity index (χ2n) is 5.97. The number of nitrogens with one attached hydrogen (secondary N) is 2. The van der Waals surface area contributed by atoms with Crippen LogP contribution in [-0.4, -0.2) is 57.1 Å². The number of nitrogens with zero attached hydrogens (tertiary/aromatic N) is 1. The van der Waals surface area contributed by atoms with Gasteiger partial charge < -0.3 is 25.0 Å². The molecule has 0 atom stereocenters. The van der Waals surface area contributed by atoms with Crippen LogP contribution in [0.15, 0.2) is 18.2 Å². The lowest BCUT2D eigenvalue weighted by Crippen LogP contribution is -2.27. The Kier molecular flexibility index (Phi) is 9.14. The van der Waals surface area contributed by atoms with Gasteiger partial charge in [-0.25, -0.2) is 4.79 Å². The first-order chi connectivity index (χ1) is 12.3. The van der Waals surface area contributed by atoms with Crippen LogP contribution in [0.2, 0.25) is 0 Å². The van der Waals surface area contributed by atoms with E-state index in [9.17, 15) is 14.4 Å². The zero-order valence-corrected chi connectivity index (χ0v) is 15.8. The molecular weight excluding hydrogens is 338 g/mol. The molecule has 0 aliphatic rings. The molecule has 1 aromatic carbocycles. The van der Waals surface area contributed by atoms with Crippen LogP contribution in [0.1, 0.15) is 25.3 Å². The summed E-state index contributed by atoms with van der Waals surface area (Å²) in [5, 5.41) is 5.20. The number of hydrogen-bond donors (Lipinski definition) is 2. The Bertz CT molecular complexity index is 631. The first-order valence-corrected chi connectivity index (χ1v) is 8.44. The van der Waals surface area contributed by atoms with Crippen molar-refractivity contribution in [3.05, 3.63) is 23.8 Å². The van der Waals surface area contributed by atoms with Crippen LogP contribution in [0.5, 0.6) is 11.5 Å². The van der Waals surface area contributed by atoms with E-state index in [0.717, 1.165) is 13.0 Å². The molecule has 0 aliphatic heterocycles. The Morgan fingerprint density at radius 2 is 1.77 bits per heavy atom. The van der Waals surface area contributed by atoms with E-state index in [1.54, 1.807) is 18.2 Å². The molecule has 2 amide bonds. The van der Waals surface area contributed by atoms with Gasteiger partial charge in [-0.15, -0.1) is 0 Å². The molecule has 0 aliphatic carbocycles. The van der Waals surface area contributed by atoms with E-state index in [4.69, 9.17) is 9.47 Å². The van der Waals surface area contributed by atoms with Gasteiger partial charge >= 0.3 is 12.1 Å². The molecule has 8 nitrogen and oxygen atoms in total. The van der Waals surface area contributed by atoms with Crippen molar-refractivity contribution in [2.75, 3.05) is 34.2 Å². The second-order valence-corrected chi connectivity index (χ2v) is 5.97. The number of carbonyl (C=O) groups is 3. The quantitative estimate of drug-likeness (QED) is 0.389. The van der Waals surface area contributed by atoms with Crippen molar-refractivity contribution in [2.24, 2.45) is 0 Å². The zero-order valence-electron chi connectivity index (χ0n) is 15.8. The Morgan fingerprint density at radius 3 is 2.35 bits per heavy atom. The van der Waals surface area contributed by atoms with Gasteiger partial charge in [0.1, 0.15) is 11.5 Å². The summed E-state index contributed by atoms with van der Waals surface area (Å²) in [6.45, 7) is 2.76. The molecule has 0 heterocycles. The Hall–Kier alpha value is -2.61. The van der Waals surface area contributed by atoms with Crippen molar-refractivity contribution >= 4 is 18.0 Å². The van der Waals surface area contributed by atoms with E-state index in [1.165, 1.54) is 14.0 Å². The third-order valence-corrected chi connectivity index (χ3v) is 3.46. The molecule has 1 rings (SSSR count). The highest BCUT2D eigenvalue weighted by molar-refractivity contribution is 5.77. The minimum atomic E-state index is -0.639. The normalized spacial score (nSPS) is 10.3. The van der Waals surface area contributed by atoms with E-state index < -0.39 is 12.1 Å². The molecule has 0 bridgehead atoms. The summed E-state index contributed by atoms with van der Waals surface area (Å²) in [6, 6.07) is 4.80. The lowest BCUT2D eigenvalue weighted by Gasteiger charge is -2.14. The number of amides is 2. The van der Waals surface area contributed by atoms with E-state index in [2.05, 4.69) is 10.6 Å². The fraction of sp³-hybridized carbons (Fsp3) is 0.500. The van der Waals surface area contributed by atoms with Gasteiger partial charge in [0.25, 0.3) is 0 Å². The topological polar surface area (TPSA) is 97.0 Å². The Balaban J connectivity index is 2.76. The van der Waals surface area contributed by atoms with Crippen molar-refractivity contribution in [2.45, 2.75) is 26.2 Å². The predicted octanol–water partition coefficient (Wildman–Crippen LogP) is 1.33. The summed E-state index contributed by atoms with van der Waals surface area (Å²) >= 11 is 0. The molecular formula is C18H27N3O5. The maximum atomic E-state index is 12.0. The number of rotatable bonds is 9. The lowest BCUT2D eigenvalue weighted by molar-refractivity contribution is -0.131. The van der Waals surface area contributed by atoms with Gasteiger partial charge in [-0.05, 0) is 45.6 Å². The fourth-order valence-corrected chi connectivity index (χ4v) is 2.24. The summed E-state index contributed by atoms with van der Waals surface area (Å²) < 4.78 is 10.4. The van der Waals surface area contributed by atoms with Crippen molar-refractivity contribution in [1.29, 1.82) is 0 Å². The minimum Gasteiger partial charge on any atom is -0.426 e. The molecule has 0 aromatic heterocycles. The van der Waals surface area contributed by atoms with Gasteiger partial charge in [-0.2, -0.15) is 0 Å². The molecule has 0 radical (unpaired) electrons. The molecule has 0 saturated carbocycles. The zero-order chi connectivity index (χ0) is 19.5. The molecule has 0 spiro atoms. The number of ether oxygens (including phenoxy) is 2. The van der Waals surface area contributed by atoms with Crippen LogP contribution in [-0.2, 0) is 16.0 Å². The molecule has 0 saturated heterocycles. The van der Waals surface area contributed by atoms with E-state index >= 15 is 0 Å². The maximum Gasteiger partial charge on any atom is 0.412 e. The van der Waals surface area contributed by atoms with Gasteiger partial charge in [0.05, 0.1) is 0 Å². The molecule has 1 aromatic rings. The lowest BCUT2D eigenvalue weighted by atomic mass is 10.1. The predicted molar refractivity (Wildman–Crippen MR) is 97.3 cm³/mol. The van der Waals surface area contributed by atoms with Crippen LogP contribution in [0, 0.1) is 0 Å². The minimum absolute atomic E-state index is 0.118. The third-order valence-electron chi connectivity index (χ3n) is 3.46. The number of carbonyl (C=O) groups excluding carboxylic acids is 3. The van der Waals surface area contributed by atoms with Crippen molar-refractivity contribution < 1.29 is 23.9 Å². The highest BCUT2D eigenvalue weighted by Crippen LogP contribution is 2.30. The highest BCUT2D eigenvalue weighted by Gasteiger charge is 2.16. The molecule has 2 N–H and O–H groups in total. The average molecular weight is 365 g/mol. The second kappa shape index (κ2) is 11.1.